The van der Waals surface area contributed by atoms with Gasteiger partial charge in [0.1, 0.15) is 30.0 Å². The summed E-state index contributed by atoms with van der Waals surface area (Å²) < 4.78 is 35.9. The summed E-state index contributed by atoms with van der Waals surface area (Å²) in [6.07, 6.45) is -0.422. The number of hydrogen-bond acceptors (Lipinski definition) is 6. The molecule has 1 fully saturated rings. The minimum absolute atomic E-state index is 0.0251. The van der Waals surface area contributed by atoms with Crippen LogP contribution < -0.4 is 4.74 Å². The molecule has 0 radical (unpaired) electrons. The smallest absolute Gasteiger partial charge is 0.151 e. The Hall–Kier alpha value is -1.45. The van der Waals surface area contributed by atoms with Crippen molar-refractivity contribution >= 4 is 56.2 Å². The number of benzene rings is 2. The molecular formula is C24H23Cl4NO5S. The van der Waals surface area contributed by atoms with Gasteiger partial charge in [0.25, 0.3) is 0 Å². The topological polar surface area (TPSA) is 80.0 Å². The molecule has 1 N–H and O–H groups in total. The van der Waals surface area contributed by atoms with Crippen molar-refractivity contribution in [2.24, 2.45) is 0 Å². The highest BCUT2D eigenvalue weighted by molar-refractivity contribution is 7.91. The van der Waals surface area contributed by atoms with Gasteiger partial charge in [-0.25, -0.2) is 8.42 Å². The number of halogens is 4. The molecule has 2 unspecified atom stereocenters. The lowest BCUT2D eigenvalue weighted by Gasteiger charge is -2.29. The van der Waals surface area contributed by atoms with E-state index in [-0.39, 0.29) is 30.7 Å². The summed E-state index contributed by atoms with van der Waals surface area (Å²) in [6, 6.07) is 13.3. The third-order valence-electron chi connectivity index (χ3n) is 5.71. The zero-order chi connectivity index (χ0) is 25.2. The maximum Gasteiger partial charge on any atom is 0.151 e. The van der Waals surface area contributed by atoms with Gasteiger partial charge in [0, 0.05) is 28.2 Å². The minimum Gasteiger partial charge on any atom is -0.489 e. The second-order valence-corrected chi connectivity index (χ2v) is 12.3. The number of hydrogen-bond donors (Lipinski definition) is 1. The summed E-state index contributed by atoms with van der Waals surface area (Å²) in [5.41, 5.74) is 0.661. The lowest BCUT2D eigenvalue weighted by atomic mass is 10.2. The number of aliphatic hydroxyl groups excluding tert-OH is 1. The van der Waals surface area contributed by atoms with Crippen molar-refractivity contribution in [1.82, 2.24) is 4.90 Å². The molecule has 2 atom stereocenters. The van der Waals surface area contributed by atoms with E-state index in [1.54, 1.807) is 48.5 Å². The second-order valence-electron chi connectivity index (χ2n) is 8.42. The van der Waals surface area contributed by atoms with Crippen LogP contribution in [-0.2, 0) is 16.4 Å². The molecule has 35 heavy (non-hydrogen) atoms. The van der Waals surface area contributed by atoms with Crippen molar-refractivity contribution in [1.29, 1.82) is 0 Å². The van der Waals surface area contributed by atoms with E-state index in [0.717, 1.165) is 0 Å². The van der Waals surface area contributed by atoms with E-state index in [4.69, 9.17) is 55.6 Å². The van der Waals surface area contributed by atoms with Crippen molar-refractivity contribution in [2.45, 2.75) is 25.1 Å². The van der Waals surface area contributed by atoms with Gasteiger partial charge >= 0.3 is 0 Å². The Morgan fingerprint density at radius 2 is 1.77 bits per heavy atom. The number of aliphatic hydroxyl groups is 1. The molecule has 6 nitrogen and oxygen atoms in total. The first-order chi connectivity index (χ1) is 16.6. The van der Waals surface area contributed by atoms with Gasteiger partial charge in [-0.15, -0.1) is 0 Å². The van der Waals surface area contributed by atoms with Crippen molar-refractivity contribution in [2.75, 3.05) is 24.7 Å². The third kappa shape index (κ3) is 7.07. The molecule has 4 rings (SSSR count). The highest BCUT2D eigenvalue weighted by atomic mass is 35.5. The summed E-state index contributed by atoms with van der Waals surface area (Å²) in [4.78, 5) is 1.91. The van der Waals surface area contributed by atoms with Gasteiger partial charge < -0.3 is 14.3 Å². The van der Waals surface area contributed by atoms with Crippen LogP contribution >= 0.6 is 46.4 Å². The fourth-order valence-electron chi connectivity index (χ4n) is 4.00. The van der Waals surface area contributed by atoms with Gasteiger partial charge in [0.15, 0.2) is 9.84 Å². The first-order valence-corrected chi connectivity index (χ1v) is 14.2. The quantitative estimate of drug-likeness (QED) is 0.336. The molecule has 0 aliphatic carbocycles. The third-order valence-corrected chi connectivity index (χ3v) is 8.56. The van der Waals surface area contributed by atoms with Gasteiger partial charge in [-0.2, -0.15) is 0 Å². The molecule has 1 aromatic heterocycles. The van der Waals surface area contributed by atoms with Crippen LogP contribution in [0.5, 0.6) is 5.75 Å². The van der Waals surface area contributed by atoms with Gasteiger partial charge in [0.05, 0.1) is 28.1 Å². The predicted molar refractivity (Wildman–Crippen MR) is 140 cm³/mol. The molecular weight excluding hydrogens is 556 g/mol. The molecule has 11 heteroatoms. The summed E-state index contributed by atoms with van der Waals surface area (Å²) >= 11 is 24.4. The molecule has 0 saturated carbocycles. The van der Waals surface area contributed by atoms with E-state index < -0.39 is 15.9 Å². The highest BCUT2D eigenvalue weighted by Gasteiger charge is 2.33. The lowest BCUT2D eigenvalue weighted by Crippen LogP contribution is -2.42. The first-order valence-electron chi connectivity index (χ1n) is 10.8. The van der Waals surface area contributed by atoms with Gasteiger partial charge in [-0.05, 0) is 55.0 Å². The standard InChI is InChI=1S/C24H23Cl4NO5S/c25-15-1-4-21(27)20(9-15)23-6-3-19(34-23)12-29(17-7-8-35(31,32)14-17)11-18(30)13-33-24-5-2-16(26)10-22(24)28/h1-6,9-10,17-18,30H,7-8,11-14H2. The maximum atomic E-state index is 12.1. The fourth-order valence-corrected chi connectivity index (χ4v) is 6.61. The largest absolute Gasteiger partial charge is 0.489 e. The molecule has 2 aromatic carbocycles. The van der Waals surface area contributed by atoms with Gasteiger partial charge in [-0.1, -0.05) is 46.4 Å². The summed E-state index contributed by atoms with van der Waals surface area (Å²) in [6.45, 7) is 0.454. The molecule has 0 bridgehead atoms. The van der Waals surface area contributed by atoms with Crippen LogP contribution in [0.2, 0.25) is 20.1 Å². The van der Waals surface area contributed by atoms with Crippen LogP contribution in [0.4, 0.5) is 0 Å². The van der Waals surface area contributed by atoms with E-state index in [9.17, 15) is 13.5 Å². The molecule has 1 saturated heterocycles. The van der Waals surface area contributed by atoms with Crippen LogP contribution in [0, 0.1) is 0 Å². The second kappa shape index (κ2) is 11.3. The maximum absolute atomic E-state index is 12.1. The zero-order valence-electron chi connectivity index (χ0n) is 18.5. The fraction of sp³-hybridized carbons (Fsp3) is 0.333. The Bertz CT molecular complexity index is 1300. The van der Waals surface area contributed by atoms with Crippen LogP contribution in [0.25, 0.3) is 11.3 Å². The van der Waals surface area contributed by atoms with E-state index in [0.29, 0.717) is 55.9 Å². The van der Waals surface area contributed by atoms with Crippen LogP contribution in [0.15, 0.2) is 52.9 Å². The van der Waals surface area contributed by atoms with E-state index in [1.807, 2.05) is 4.90 Å². The predicted octanol–water partition coefficient (Wildman–Crippen LogP) is 5.99. The SMILES string of the molecule is O=S1(=O)CCC(N(Cc2ccc(-c3cc(Cl)ccc3Cl)o2)CC(O)COc2ccc(Cl)cc2Cl)C1. The number of rotatable bonds is 9. The normalized spacial score (nSPS) is 18.2. The van der Waals surface area contributed by atoms with E-state index >= 15 is 0 Å². The summed E-state index contributed by atoms with van der Waals surface area (Å²) in [5, 5.41) is 12.5. The van der Waals surface area contributed by atoms with Gasteiger partial charge in [0.2, 0.25) is 0 Å². The molecule has 1 aliphatic heterocycles. The highest BCUT2D eigenvalue weighted by Crippen LogP contribution is 2.33. The Morgan fingerprint density at radius 3 is 2.49 bits per heavy atom. The van der Waals surface area contributed by atoms with Crippen molar-refractivity contribution in [3.63, 3.8) is 0 Å². The van der Waals surface area contributed by atoms with Crippen molar-refractivity contribution in [3.8, 4) is 17.1 Å². The van der Waals surface area contributed by atoms with Crippen molar-refractivity contribution < 1.29 is 22.7 Å². The Labute approximate surface area is 224 Å². The summed E-state index contributed by atoms with van der Waals surface area (Å²) in [5.74, 6) is 1.70. The average Bonchev–Trinajstić information content (AvgIpc) is 3.40. The van der Waals surface area contributed by atoms with Crippen LogP contribution in [-0.4, -0.2) is 55.2 Å². The first kappa shape index (κ1) is 26.6. The molecule has 2 heterocycles. The Morgan fingerprint density at radius 1 is 1.03 bits per heavy atom. The number of ether oxygens (including phenoxy) is 1. The van der Waals surface area contributed by atoms with E-state index in [2.05, 4.69) is 0 Å². The number of sulfone groups is 1. The zero-order valence-corrected chi connectivity index (χ0v) is 22.3. The van der Waals surface area contributed by atoms with Crippen molar-refractivity contribution in [3.05, 3.63) is 74.4 Å². The Balaban J connectivity index is 1.47. The summed E-state index contributed by atoms with van der Waals surface area (Å²) in [7, 11) is -3.13. The molecule has 188 valence electrons. The lowest BCUT2D eigenvalue weighted by molar-refractivity contribution is 0.0498. The number of nitrogens with zero attached hydrogens (tertiary/aromatic N) is 1. The average molecular weight is 579 g/mol. The molecule has 0 amide bonds. The number of furan rings is 1. The van der Waals surface area contributed by atoms with Gasteiger partial charge in [-0.3, -0.25) is 4.90 Å². The molecule has 1 aliphatic rings. The molecule has 0 spiro atoms. The monoisotopic (exact) mass is 577 g/mol. The minimum atomic E-state index is -3.13. The molecule has 3 aromatic rings. The van der Waals surface area contributed by atoms with E-state index in [1.165, 1.54) is 0 Å². The Kier molecular flexibility index (Phi) is 8.59. The van der Waals surface area contributed by atoms with Crippen LogP contribution in [0.1, 0.15) is 12.2 Å². The van der Waals surface area contributed by atoms with Crippen LogP contribution in [0.3, 0.4) is 0 Å².